The molecule has 18 heavy (non-hydrogen) atoms. The molecule has 0 aliphatic rings. The Bertz CT molecular complexity index is 775. The number of rotatable bonds is 1. The van der Waals surface area contributed by atoms with E-state index in [0.29, 0.717) is 0 Å². The SMILES string of the molecule is Cc1cccc(-n2c(=O)cnc3ccccc32)c1. The number of aromatic nitrogens is 2. The summed E-state index contributed by atoms with van der Waals surface area (Å²) in [6, 6.07) is 15.5. The van der Waals surface area contributed by atoms with Crippen LogP contribution in [-0.2, 0) is 0 Å². The fourth-order valence-electron chi connectivity index (χ4n) is 2.10. The van der Waals surface area contributed by atoms with Crippen LogP contribution >= 0.6 is 0 Å². The van der Waals surface area contributed by atoms with Crippen LogP contribution in [0, 0.1) is 6.92 Å². The summed E-state index contributed by atoms with van der Waals surface area (Å²) in [5.41, 5.74) is 3.53. The molecule has 1 heterocycles. The first-order valence-corrected chi connectivity index (χ1v) is 5.79. The Hall–Kier alpha value is -2.42. The van der Waals surface area contributed by atoms with Crippen LogP contribution in [0.5, 0.6) is 0 Å². The van der Waals surface area contributed by atoms with Gasteiger partial charge < -0.3 is 0 Å². The Morgan fingerprint density at radius 2 is 1.89 bits per heavy atom. The quantitative estimate of drug-likeness (QED) is 0.651. The predicted octanol–water partition coefficient (Wildman–Crippen LogP) is 2.69. The largest absolute Gasteiger partial charge is 0.274 e. The molecule has 3 rings (SSSR count). The van der Waals surface area contributed by atoms with Crippen LogP contribution in [0.4, 0.5) is 0 Å². The number of aryl methyl sites for hydroxylation is 1. The average molecular weight is 236 g/mol. The van der Waals surface area contributed by atoms with Crippen LogP contribution < -0.4 is 5.56 Å². The molecule has 0 radical (unpaired) electrons. The van der Waals surface area contributed by atoms with Crippen LogP contribution in [0.1, 0.15) is 5.56 Å². The lowest BCUT2D eigenvalue weighted by atomic mass is 10.2. The summed E-state index contributed by atoms with van der Waals surface area (Å²) < 4.78 is 1.69. The van der Waals surface area contributed by atoms with Gasteiger partial charge in [0.15, 0.2) is 0 Å². The Morgan fingerprint density at radius 3 is 2.72 bits per heavy atom. The molecular weight excluding hydrogens is 224 g/mol. The minimum atomic E-state index is -0.112. The van der Waals surface area contributed by atoms with Crippen LogP contribution in [0.3, 0.4) is 0 Å². The van der Waals surface area contributed by atoms with Crippen molar-refractivity contribution < 1.29 is 0 Å². The van der Waals surface area contributed by atoms with Gasteiger partial charge in [0.25, 0.3) is 5.56 Å². The molecule has 3 nitrogen and oxygen atoms in total. The maximum atomic E-state index is 12.0. The third kappa shape index (κ3) is 1.70. The van der Waals surface area contributed by atoms with Gasteiger partial charge in [-0.3, -0.25) is 9.36 Å². The van der Waals surface area contributed by atoms with E-state index in [4.69, 9.17) is 0 Å². The van der Waals surface area contributed by atoms with Crippen molar-refractivity contribution in [3.8, 4) is 5.69 Å². The number of hydrogen-bond donors (Lipinski definition) is 0. The molecule has 2 aromatic carbocycles. The molecule has 0 N–H and O–H groups in total. The van der Waals surface area contributed by atoms with E-state index in [-0.39, 0.29) is 5.56 Å². The second-order valence-corrected chi connectivity index (χ2v) is 4.26. The molecule has 0 spiro atoms. The molecule has 0 bridgehead atoms. The maximum absolute atomic E-state index is 12.0. The third-order valence-electron chi connectivity index (χ3n) is 2.92. The van der Waals surface area contributed by atoms with E-state index in [1.54, 1.807) is 4.57 Å². The topological polar surface area (TPSA) is 34.9 Å². The van der Waals surface area contributed by atoms with E-state index in [1.807, 2.05) is 55.5 Å². The molecular formula is C15H12N2O. The van der Waals surface area contributed by atoms with Gasteiger partial charge >= 0.3 is 0 Å². The molecule has 0 saturated heterocycles. The highest BCUT2D eigenvalue weighted by Crippen LogP contribution is 2.15. The lowest BCUT2D eigenvalue weighted by Gasteiger charge is -2.09. The number of nitrogens with zero attached hydrogens (tertiary/aromatic N) is 2. The van der Waals surface area contributed by atoms with Crippen LogP contribution in [0.15, 0.2) is 59.5 Å². The fourth-order valence-corrected chi connectivity index (χ4v) is 2.10. The van der Waals surface area contributed by atoms with Gasteiger partial charge in [-0.2, -0.15) is 0 Å². The van der Waals surface area contributed by atoms with Crippen LogP contribution in [0.25, 0.3) is 16.7 Å². The number of para-hydroxylation sites is 2. The lowest BCUT2D eigenvalue weighted by molar-refractivity contribution is 1.01. The van der Waals surface area contributed by atoms with Crippen molar-refractivity contribution in [3.05, 3.63) is 70.6 Å². The normalized spacial score (nSPS) is 10.7. The number of benzene rings is 2. The molecule has 0 atom stereocenters. The van der Waals surface area contributed by atoms with Gasteiger partial charge in [0.1, 0.15) is 0 Å². The maximum Gasteiger partial charge on any atom is 0.274 e. The van der Waals surface area contributed by atoms with Crippen molar-refractivity contribution in [2.45, 2.75) is 6.92 Å². The summed E-state index contributed by atoms with van der Waals surface area (Å²) in [6.45, 7) is 2.01. The van der Waals surface area contributed by atoms with Gasteiger partial charge in [-0.05, 0) is 36.8 Å². The minimum absolute atomic E-state index is 0.112. The van der Waals surface area contributed by atoms with E-state index in [9.17, 15) is 4.79 Å². The summed E-state index contributed by atoms with van der Waals surface area (Å²) in [7, 11) is 0. The second-order valence-electron chi connectivity index (χ2n) is 4.26. The van der Waals surface area contributed by atoms with Gasteiger partial charge in [0, 0.05) is 5.69 Å². The monoisotopic (exact) mass is 236 g/mol. The highest BCUT2D eigenvalue weighted by atomic mass is 16.1. The summed E-state index contributed by atoms with van der Waals surface area (Å²) in [4.78, 5) is 16.2. The Morgan fingerprint density at radius 1 is 1.06 bits per heavy atom. The summed E-state index contributed by atoms with van der Waals surface area (Å²) >= 11 is 0. The second kappa shape index (κ2) is 4.11. The zero-order chi connectivity index (χ0) is 12.5. The molecule has 88 valence electrons. The standard InChI is InChI=1S/C15H12N2O/c1-11-5-4-6-12(9-11)17-14-8-3-2-7-13(14)16-10-15(17)18/h2-10H,1H3. The van der Waals surface area contributed by atoms with Crippen LogP contribution in [0.2, 0.25) is 0 Å². The van der Waals surface area contributed by atoms with Gasteiger partial charge in [-0.15, -0.1) is 0 Å². The van der Waals surface area contributed by atoms with Gasteiger partial charge in [-0.25, -0.2) is 4.98 Å². The molecule has 0 amide bonds. The van der Waals surface area contributed by atoms with Crippen molar-refractivity contribution >= 4 is 11.0 Å². The summed E-state index contributed by atoms with van der Waals surface area (Å²) in [5.74, 6) is 0. The molecule has 3 heteroatoms. The number of hydrogen-bond acceptors (Lipinski definition) is 2. The fraction of sp³-hybridized carbons (Fsp3) is 0.0667. The van der Waals surface area contributed by atoms with E-state index in [1.165, 1.54) is 6.20 Å². The molecule has 0 saturated carbocycles. The van der Waals surface area contributed by atoms with E-state index >= 15 is 0 Å². The number of fused-ring (bicyclic) bond motifs is 1. The molecule has 0 unspecified atom stereocenters. The first-order chi connectivity index (χ1) is 8.75. The van der Waals surface area contributed by atoms with Gasteiger partial charge in [-0.1, -0.05) is 24.3 Å². The minimum Gasteiger partial charge on any atom is -0.274 e. The predicted molar refractivity (Wildman–Crippen MR) is 72.1 cm³/mol. The Balaban J connectivity index is 2.41. The van der Waals surface area contributed by atoms with Gasteiger partial charge in [0.05, 0.1) is 17.2 Å². The Kier molecular flexibility index (Phi) is 2.45. The molecule has 0 aliphatic carbocycles. The van der Waals surface area contributed by atoms with E-state index < -0.39 is 0 Å². The highest BCUT2D eigenvalue weighted by molar-refractivity contribution is 5.76. The lowest BCUT2D eigenvalue weighted by Crippen LogP contribution is -2.18. The van der Waals surface area contributed by atoms with Gasteiger partial charge in [0.2, 0.25) is 0 Å². The summed E-state index contributed by atoms with van der Waals surface area (Å²) in [6.07, 6.45) is 1.37. The Labute approximate surface area is 104 Å². The third-order valence-corrected chi connectivity index (χ3v) is 2.92. The smallest absolute Gasteiger partial charge is 0.274 e. The summed E-state index contributed by atoms with van der Waals surface area (Å²) in [5, 5.41) is 0. The van der Waals surface area contributed by atoms with Crippen molar-refractivity contribution in [2.24, 2.45) is 0 Å². The van der Waals surface area contributed by atoms with E-state index in [2.05, 4.69) is 4.98 Å². The molecule has 0 fully saturated rings. The first-order valence-electron chi connectivity index (χ1n) is 5.79. The average Bonchev–Trinajstić information content (AvgIpc) is 2.38. The highest BCUT2D eigenvalue weighted by Gasteiger charge is 2.05. The molecule has 1 aromatic heterocycles. The zero-order valence-corrected chi connectivity index (χ0v) is 10.00. The molecule has 0 aliphatic heterocycles. The van der Waals surface area contributed by atoms with Crippen molar-refractivity contribution in [1.29, 1.82) is 0 Å². The van der Waals surface area contributed by atoms with E-state index in [0.717, 1.165) is 22.3 Å². The zero-order valence-electron chi connectivity index (χ0n) is 10.00. The van der Waals surface area contributed by atoms with Crippen LogP contribution in [-0.4, -0.2) is 9.55 Å². The first kappa shape index (κ1) is 10.7. The van der Waals surface area contributed by atoms with Crippen molar-refractivity contribution in [1.82, 2.24) is 9.55 Å². The molecule has 3 aromatic rings. The van der Waals surface area contributed by atoms with Crippen molar-refractivity contribution in [2.75, 3.05) is 0 Å². The van der Waals surface area contributed by atoms with Crippen molar-refractivity contribution in [3.63, 3.8) is 0 Å².